The van der Waals surface area contributed by atoms with Crippen LogP contribution in [-0.4, -0.2) is 0 Å². The van der Waals surface area contributed by atoms with Gasteiger partial charge in [0.1, 0.15) is 0 Å². The van der Waals surface area contributed by atoms with Crippen molar-refractivity contribution in [2.45, 2.75) is 5.41 Å². The average Bonchev–Trinajstić information content (AvgIpc) is 4.23. The SMILES string of the molecule is [2H]c1c([2H])c([2H])c2c([2H])c(C3(c4cccc5sc6ccccc6c45)c4ccc(N(c5ccccc5)c5ccccc5)cc4-c4cc(N(c5ccccc5)c5ccc(-c6ccccc6)cc5)ccc43)c([2H])c([2H])c2c1[2H]. The predicted molar refractivity (Wildman–Crippen MR) is 289 cm³/mol. The molecule has 1 aliphatic carbocycles. The number of fused-ring (bicyclic) bond motifs is 7. The number of thiophene rings is 1. The largest absolute Gasteiger partial charge is 0.310 e. The van der Waals surface area contributed by atoms with Gasteiger partial charge in [0.05, 0.1) is 15.0 Å². The monoisotopic (exact) mass is 891 g/mol. The molecular formula is C65H44N2S. The molecule has 11 aromatic carbocycles. The summed E-state index contributed by atoms with van der Waals surface area (Å²) in [6, 6.07) is 74.3. The van der Waals surface area contributed by atoms with Crippen molar-refractivity contribution in [2.24, 2.45) is 0 Å². The normalized spacial score (nSPS) is 15.4. The van der Waals surface area contributed by atoms with Crippen LogP contribution < -0.4 is 9.80 Å². The fourth-order valence-electron chi connectivity index (χ4n) is 10.4. The molecule has 0 saturated carbocycles. The van der Waals surface area contributed by atoms with Crippen LogP contribution in [0.25, 0.3) is 53.2 Å². The molecule has 12 aromatic rings. The first kappa shape index (κ1) is 33.0. The highest BCUT2D eigenvalue weighted by atomic mass is 32.1. The smallest absolute Gasteiger partial charge is 0.0720 e. The average molecular weight is 892 g/mol. The van der Waals surface area contributed by atoms with E-state index in [0.29, 0.717) is 0 Å². The number of hydrogen-bond acceptors (Lipinski definition) is 3. The van der Waals surface area contributed by atoms with Crippen LogP contribution in [0.3, 0.4) is 0 Å². The fourth-order valence-corrected chi connectivity index (χ4v) is 11.5. The molecule has 1 aromatic heterocycles. The lowest BCUT2D eigenvalue weighted by atomic mass is 9.66. The Morgan fingerprint density at radius 2 is 0.853 bits per heavy atom. The lowest BCUT2D eigenvalue weighted by Crippen LogP contribution is -2.29. The molecule has 0 aliphatic heterocycles. The number of anilines is 6. The minimum atomic E-state index is -1.47. The molecule has 68 heavy (non-hydrogen) atoms. The van der Waals surface area contributed by atoms with Crippen LogP contribution in [-0.2, 0) is 5.41 Å². The Kier molecular flexibility index (Phi) is 7.98. The third kappa shape index (κ3) is 6.46. The number of benzene rings is 11. The van der Waals surface area contributed by atoms with Crippen molar-refractivity contribution in [1.29, 1.82) is 0 Å². The van der Waals surface area contributed by atoms with Crippen molar-refractivity contribution in [1.82, 2.24) is 0 Å². The van der Waals surface area contributed by atoms with Crippen LogP contribution in [0, 0.1) is 0 Å². The molecule has 1 aliphatic rings. The highest BCUT2D eigenvalue weighted by Crippen LogP contribution is 2.60. The maximum absolute atomic E-state index is 10.4. The summed E-state index contributed by atoms with van der Waals surface area (Å²) in [6.45, 7) is 0. The van der Waals surface area contributed by atoms with E-state index < -0.39 is 29.6 Å². The summed E-state index contributed by atoms with van der Waals surface area (Å²) in [6.07, 6.45) is 0. The highest BCUT2D eigenvalue weighted by Gasteiger charge is 2.48. The first-order valence-corrected chi connectivity index (χ1v) is 23.6. The van der Waals surface area contributed by atoms with Gasteiger partial charge in [0, 0.05) is 54.3 Å². The Labute approximate surface area is 410 Å². The van der Waals surface area contributed by atoms with Crippen LogP contribution in [0.1, 0.15) is 31.8 Å². The predicted octanol–water partition coefficient (Wildman–Crippen LogP) is 18.2. The van der Waals surface area contributed by atoms with Crippen molar-refractivity contribution >= 4 is 76.4 Å². The van der Waals surface area contributed by atoms with Gasteiger partial charge in [0.2, 0.25) is 0 Å². The van der Waals surface area contributed by atoms with E-state index >= 15 is 0 Å². The van der Waals surface area contributed by atoms with E-state index in [9.17, 15) is 5.48 Å². The number of hydrogen-bond donors (Lipinski definition) is 0. The van der Waals surface area contributed by atoms with Gasteiger partial charge >= 0.3 is 0 Å². The summed E-state index contributed by atoms with van der Waals surface area (Å²) >= 11 is 1.67. The molecule has 13 rings (SSSR count). The molecule has 1 heterocycles. The number of nitrogens with zero attached hydrogens (tertiary/aromatic N) is 2. The van der Waals surface area contributed by atoms with Crippen molar-refractivity contribution in [2.75, 3.05) is 9.80 Å². The third-order valence-corrected chi connectivity index (χ3v) is 14.5. The zero-order valence-electron chi connectivity index (χ0n) is 43.7. The zero-order valence-corrected chi connectivity index (χ0v) is 37.5. The second-order valence-electron chi connectivity index (χ2n) is 17.1. The van der Waals surface area contributed by atoms with Gasteiger partial charge in [-0.25, -0.2) is 0 Å². The Morgan fingerprint density at radius 1 is 0.368 bits per heavy atom. The molecule has 320 valence electrons. The summed E-state index contributed by atoms with van der Waals surface area (Å²) < 4.78 is 68.4. The molecule has 0 spiro atoms. The molecule has 0 radical (unpaired) electrons. The van der Waals surface area contributed by atoms with Crippen molar-refractivity contribution in [3.63, 3.8) is 0 Å². The van der Waals surface area contributed by atoms with Gasteiger partial charge in [0.25, 0.3) is 0 Å². The summed E-state index contributed by atoms with van der Waals surface area (Å²) in [5.74, 6) is 0. The molecule has 0 N–H and O–H groups in total. The second-order valence-corrected chi connectivity index (χ2v) is 18.2. The van der Waals surface area contributed by atoms with Gasteiger partial charge in [-0.1, -0.05) is 176 Å². The van der Waals surface area contributed by atoms with Gasteiger partial charge < -0.3 is 9.80 Å². The Hall–Kier alpha value is -8.50. The zero-order chi connectivity index (χ0) is 51.1. The van der Waals surface area contributed by atoms with Crippen LogP contribution in [0.15, 0.2) is 267 Å². The van der Waals surface area contributed by atoms with Crippen LogP contribution in [0.4, 0.5) is 34.1 Å². The Balaban J connectivity index is 1.17. The van der Waals surface area contributed by atoms with E-state index in [1.54, 1.807) is 11.3 Å². The van der Waals surface area contributed by atoms with Crippen LogP contribution in [0.5, 0.6) is 0 Å². The molecule has 2 nitrogen and oxygen atoms in total. The van der Waals surface area contributed by atoms with Crippen LogP contribution in [0.2, 0.25) is 0 Å². The van der Waals surface area contributed by atoms with Crippen molar-refractivity contribution in [3.8, 4) is 22.3 Å². The molecule has 0 saturated heterocycles. The minimum Gasteiger partial charge on any atom is -0.310 e. The number of rotatable bonds is 9. The molecule has 1 unspecified atom stereocenters. The third-order valence-electron chi connectivity index (χ3n) is 13.3. The summed E-state index contributed by atoms with van der Waals surface area (Å²) in [7, 11) is 0. The van der Waals surface area contributed by atoms with E-state index in [4.69, 9.17) is 4.11 Å². The van der Waals surface area contributed by atoms with E-state index in [2.05, 4.69) is 143 Å². The van der Waals surface area contributed by atoms with Crippen molar-refractivity contribution in [3.05, 3.63) is 289 Å². The standard InChI is InChI=1S/C65H44N2S/c1-5-18-45(19-6-1)47-33-36-53(37-34-47)67(52-26-11-4-12-27-52)55-39-41-60-58(44-55)57-43-54(66(50-22-7-2-8-23-50)51-24-9-3-10-25-51)38-40-59(57)65(60,49-35-32-46-20-13-14-21-48(46)42-49)61-29-17-31-63-64(61)56-28-15-16-30-62(56)68-63/h1-44H/i13D,14D,20D,21D,32D,35D,42D. The van der Waals surface area contributed by atoms with Gasteiger partial charge in [-0.2, -0.15) is 0 Å². The van der Waals surface area contributed by atoms with Gasteiger partial charge in [-0.15, -0.1) is 11.3 Å². The second kappa shape index (κ2) is 16.4. The lowest BCUT2D eigenvalue weighted by Gasteiger charge is -2.35. The topological polar surface area (TPSA) is 6.48 Å². The summed E-state index contributed by atoms with van der Waals surface area (Å²) in [4.78, 5) is 4.47. The molecule has 0 amide bonds. The van der Waals surface area contributed by atoms with E-state index in [0.717, 1.165) is 93.2 Å². The first-order valence-electron chi connectivity index (χ1n) is 26.3. The molecule has 3 heteroatoms. The number of para-hydroxylation sites is 3. The van der Waals surface area contributed by atoms with E-state index in [1.807, 2.05) is 91.0 Å². The molecule has 0 bridgehead atoms. The minimum absolute atomic E-state index is 0.0875. The Morgan fingerprint density at radius 3 is 1.46 bits per heavy atom. The van der Waals surface area contributed by atoms with Crippen LogP contribution >= 0.6 is 11.3 Å². The molecular weight excluding hydrogens is 841 g/mol. The van der Waals surface area contributed by atoms with E-state index in [-0.39, 0.29) is 34.5 Å². The van der Waals surface area contributed by atoms with Gasteiger partial charge in [-0.05, 0) is 146 Å². The van der Waals surface area contributed by atoms with Gasteiger partial charge in [-0.3, -0.25) is 0 Å². The molecule has 0 fully saturated rings. The van der Waals surface area contributed by atoms with E-state index in [1.165, 1.54) is 0 Å². The highest BCUT2D eigenvalue weighted by molar-refractivity contribution is 7.25. The lowest BCUT2D eigenvalue weighted by molar-refractivity contribution is 0.778. The van der Waals surface area contributed by atoms with Gasteiger partial charge in [0.15, 0.2) is 0 Å². The quantitative estimate of drug-likeness (QED) is 0.142. The van der Waals surface area contributed by atoms with Crippen molar-refractivity contribution < 1.29 is 9.60 Å². The maximum atomic E-state index is 10.4. The fraction of sp³-hybridized carbons (Fsp3) is 0.0154. The molecule has 1 atom stereocenters. The summed E-state index contributed by atoms with van der Waals surface area (Å²) in [5, 5.41) is 1.73. The Bertz CT molecular complexity index is 4170. The first-order chi connectivity index (χ1) is 36.6. The summed E-state index contributed by atoms with van der Waals surface area (Å²) in [5.41, 5.74) is 10.5. The maximum Gasteiger partial charge on any atom is 0.0720 e.